The summed E-state index contributed by atoms with van der Waals surface area (Å²) in [5.41, 5.74) is 3.09. The molecule has 0 radical (unpaired) electrons. The standard InChI is InChI=1S/C26H29ClN4OS/c1-14-28-23(19-7-9-33-24(19)29-14)21-12-20(21)18-5-4-15(10-22(18)27)25(32)31(3)17-11-16-6-8-26(2,13-17)30-16/h4-5,7,9-10,16-17,20-21,30H,6,8,11-13H2,1-3H3/t16-,17+,20-,21+,26+/m1/s1. The maximum absolute atomic E-state index is 13.3. The van der Waals surface area contributed by atoms with Crippen LogP contribution in [0.15, 0.2) is 29.6 Å². The molecule has 3 aliphatic rings. The van der Waals surface area contributed by atoms with Gasteiger partial charge in [0.05, 0.1) is 5.69 Å². The van der Waals surface area contributed by atoms with Crippen LogP contribution in [0, 0.1) is 6.92 Å². The lowest BCUT2D eigenvalue weighted by atomic mass is 9.88. The second-order valence-corrected chi connectivity index (χ2v) is 11.7. The first-order valence-electron chi connectivity index (χ1n) is 11.9. The first-order valence-corrected chi connectivity index (χ1v) is 13.1. The van der Waals surface area contributed by atoms with Gasteiger partial charge in [0.15, 0.2) is 0 Å². The zero-order valence-electron chi connectivity index (χ0n) is 19.3. The Balaban J connectivity index is 1.20. The number of carbonyl (C=O) groups is 1. The van der Waals surface area contributed by atoms with Crippen LogP contribution in [0.3, 0.4) is 0 Å². The van der Waals surface area contributed by atoms with E-state index in [9.17, 15) is 4.79 Å². The molecule has 2 aliphatic heterocycles. The molecule has 3 aromatic rings. The quantitative estimate of drug-likeness (QED) is 0.522. The van der Waals surface area contributed by atoms with Crippen LogP contribution in [-0.2, 0) is 0 Å². The molecule has 172 valence electrons. The molecule has 3 fully saturated rings. The summed E-state index contributed by atoms with van der Waals surface area (Å²) in [4.78, 5) is 25.6. The number of aromatic nitrogens is 2. The van der Waals surface area contributed by atoms with Crippen LogP contribution >= 0.6 is 22.9 Å². The predicted octanol–water partition coefficient (Wildman–Crippen LogP) is 5.67. The molecule has 1 saturated carbocycles. The Morgan fingerprint density at radius 3 is 2.88 bits per heavy atom. The van der Waals surface area contributed by atoms with Crippen LogP contribution in [0.5, 0.6) is 0 Å². The van der Waals surface area contributed by atoms with E-state index in [1.165, 1.54) is 12.8 Å². The maximum atomic E-state index is 13.3. The molecule has 2 saturated heterocycles. The summed E-state index contributed by atoms with van der Waals surface area (Å²) < 4.78 is 0. The number of piperidine rings is 1. The number of rotatable bonds is 4. The van der Waals surface area contributed by atoms with Crippen LogP contribution < -0.4 is 5.32 Å². The average Bonchev–Trinajstić information content (AvgIpc) is 3.34. The molecule has 1 amide bonds. The Labute approximate surface area is 203 Å². The number of benzene rings is 1. The number of hydrogen-bond donors (Lipinski definition) is 1. The molecule has 6 rings (SSSR count). The summed E-state index contributed by atoms with van der Waals surface area (Å²) in [5, 5.41) is 7.66. The number of nitrogens with one attached hydrogen (secondary N) is 1. The van der Waals surface area contributed by atoms with Crippen molar-refractivity contribution in [3.05, 3.63) is 57.3 Å². The summed E-state index contributed by atoms with van der Waals surface area (Å²) >= 11 is 8.41. The molecule has 33 heavy (non-hydrogen) atoms. The van der Waals surface area contributed by atoms with Gasteiger partial charge in [-0.1, -0.05) is 17.7 Å². The number of halogens is 1. The molecule has 0 unspecified atom stereocenters. The summed E-state index contributed by atoms with van der Waals surface area (Å²) in [6.45, 7) is 4.25. The minimum atomic E-state index is 0.0668. The third-order valence-electron chi connectivity index (χ3n) is 7.96. The lowest BCUT2D eigenvalue weighted by Crippen LogP contribution is -2.54. The highest BCUT2D eigenvalue weighted by Crippen LogP contribution is 2.57. The topological polar surface area (TPSA) is 58.1 Å². The van der Waals surface area contributed by atoms with E-state index in [-0.39, 0.29) is 17.5 Å². The zero-order chi connectivity index (χ0) is 22.9. The minimum absolute atomic E-state index is 0.0668. The van der Waals surface area contributed by atoms with Gasteiger partial charge in [0, 0.05) is 46.6 Å². The summed E-state index contributed by atoms with van der Waals surface area (Å²) in [6.07, 6.45) is 5.48. The Morgan fingerprint density at radius 2 is 2.09 bits per heavy atom. The van der Waals surface area contributed by atoms with Crippen LogP contribution in [-0.4, -0.2) is 45.4 Å². The Hall–Kier alpha value is -2.02. The van der Waals surface area contributed by atoms with Gasteiger partial charge in [0.1, 0.15) is 10.7 Å². The Bertz CT molecular complexity index is 1260. The molecule has 1 aliphatic carbocycles. The lowest BCUT2D eigenvalue weighted by Gasteiger charge is -2.40. The highest BCUT2D eigenvalue weighted by atomic mass is 35.5. The average molecular weight is 481 g/mol. The van der Waals surface area contributed by atoms with Crippen LogP contribution in [0.1, 0.15) is 78.3 Å². The molecule has 1 N–H and O–H groups in total. The molecule has 0 spiro atoms. The summed E-state index contributed by atoms with van der Waals surface area (Å²) in [5.74, 6) is 1.59. The van der Waals surface area contributed by atoms with Crippen LogP contribution in [0.25, 0.3) is 10.2 Å². The second-order valence-electron chi connectivity index (χ2n) is 10.4. The van der Waals surface area contributed by atoms with Gasteiger partial charge in [-0.05, 0) is 81.0 Å². The normalized spacial score (nSPS) is 30.5. The summed E-state index contributed by atoms with van der Waals surface area (Å²) in [6, 6.07) is 8.81. The van der Waals surface area contributed by atoms with E-state index in [0.717, 1.165) is 46.6 Å². The van der Waals surface area contributed by atoms with Gasteiger partial charge >= 0.3 is 0 Å². The summed E-state index contributed by atoms with van der Waals surface area (Å²) in [7, 11) is 1.95. The fraction of sp³-hybridized carbons (Fsp3) is 0.500. The van der Waals surface area contributed by atoms with Crippen molar-refractivity contribution in [2.45, 2.75) is 75.4 Å². The third kappa shape index (κ3) is 3.76. The molecule has 2 bridgehead atoms. The van der Waals surface area contributed by atoms with Gasteiger partial charge in [-0.15, -0.1) is 11.3 Å². The highest BCUT2D eigenvalue weighted by molar-refractivity contribution is 7.16. The molecule has 5 nitrogen and oxygen atoms in total. The zero-order valence-corrected chi connectivity index (χ0v) is 20.8. The largest absolute Gasteiger partial charge is 0.339 e. The smallest absolute Gasteiger partial charge is 0.253 e. The SMILES string of the molecule is Cc1nc([C@H]2C[C@@H]2c2ccc(C(=O)N(C)[C@H]3C[C@H]4CC[C@@](C)(C3)N4)cc2Cl)c2ccsc2n1. The van der Waals surface area contributed by atoms with Gasteiger partial charge in [-0.3, -0.25) is 4.79 Å². The van der Waals surface area contributed by atoms with E-state index >= 15 is 0 Å². The molecule has 1 aromatic carbocycles. The molecule has 7 heteroatoms. The van der Waals surface area contributed by atoms with E-state index < -0.39 is 0 Å². The molecular formula is C26H29ClN4OS. The first kappa shape index (κ1) is 21.5. The highest BCUT2D eigenvalue weighted by Gasteiger charge is 2.45. The van der Waals surface area contributed by atoms with Gasteiger partial charge in [-0.25, -0.2) is 9.97 Å². The van der Waals surface area contributed by atoms with Gasteiger partial charge in [0.25, 0.3) is 5.91 Å². The van der Waals surface area contributed by atoms with Crippen molar-refractivity contribution in [2.75, 3.05) is 7.05 Å². The fourth-order valence-corrected chi connectivity index (χ4v) is 7.28. The minimum Gasteiger partial charge on any atom is -0.339 e. The van der Waals surface area contributed by atoms with Crippen molar-refractivity contribution in [3.63, 3.8) is 0 Å². The molecule has 5 atom stereocenters. The monoisotopic (exact) mass is 480 g/mol. The fourth-order valence-electron chi connectivity index (χ4n) is 6.14. The number of aryl methyl sites for hydroxylation is 1. The van der Waals surface area contributed by atoms with E-state index in [2.05, 4.69) is 34.7 Å². The number of amides is 1. The van der Waals surface area contributed by atoms with Crippen LogP contribution in [0.4, 0.5) is 0 Å². The lowest BCUT2D eigenvalue weighted by molar-refractivity contribution is 0.0648. The first-order chi connectivity index (χ1) is 15.8. The van der Waals surface area contributed by atoms with Gasteiger partial charge in [-0.2, -0.15) is 0 Å². The van der Waals surface area contributed by atoms with E-state index in [1.807, 2.05) is 31.0 Å². The van der Waals surface area contributed by atoms with Crippen molar-refractivity contribution < 1.29 is 4.79 Å². The number of hydrogen-bond acceptors (Lipinski definition) is 5. The molecular weight excluding hydrogens is 452 g/mol. The Kier molecular flexibility index (Phi) is 5.05. The molecule has 4 heterocycles. The van der Waals surface area contributed by atoms with Crippen LogP contribution in [0.2, 0.25) is 5.02 Å². The Morgan fingerprint density at radius 1 is 1.24 bits per heavy atom. The number of carbonyl (C=O) groups excluding carboxylic acids is 1. The maximum Gasteiger partial charge on any atom is 0.253 e. The number of thiophene rings is 1. The number of nitrogens with zero attached hydrogens (tertiary/aromatic N) is 3. The van der Waals surface area contributed by atoms with Crippen molar-refractivity contribution in [2.24, 2.45) is 0 Å². The third-order valence-corrected chi connectivity index (χ3v) is 9.10. The van der Waals surface area contributed by atoms with Crippen molar-refractivity contribution in [1.29, 1.82) is 0 Å². The van der Waals surface area contributed by atoms with Crippen molar-refractivity contribution in [3.8, 4) is 0 Å². The second kappa shape index (κ2) is 7.76. The van der Waals surface area contributed by atoms with Gasteiger partial charge in [0.2, 0.25) is 0 Å². The van der Waals surface area contributed by atoms with E-state index in [1.54, 1.807) is 11.3 Å². The number of fused-ring (bicyclic) bond motifs is 3. The molecule has 2 aromatic heterocycles. The van der Waals surface area contributed by atoms with E-state index in [4.69, 9.17) is 16.6 Å². The van der Waals surface area contributed by atoms with Gasteiger partial charge < -0.3 is 10.2 Å². The van der Waals surface area contributed by atoms with E-state index in [0.29, 0.717) is 28.5 Å². The van der Waals surface area contributed by atoms with Crippen molar-refractivity contribution >= 4 is 39.1 Å². The van der Waals surface area contributed by atoms with Crippen molar-refractivity contribution in [1.82, 2.24) is 20.2 Å². The predicted molar refractivity (Wildman–Crippen MR) is 133 cm³/mol.